The van der Waals surface area contributed by atoms with Crippen molar-refractivity contribution in [2.24, 2.45) is 0 Å². The highest BCUT2D eigenvalue weighted by atomic mass is 32.1. The Morgan fingerprint density at radius 1 is 0.931 bits per heavy atom. The van der Waals surface area contributed by atoms with E-state index >= 15 is 0 Å². The second-order valence-corrected chi connectivity index (χ2v) is 7.98. The van der Waals surface area contributed by atoms with Crippen LogP contribution in [0.2, 0.25) is 0 Å². The predicted molar refractivity (Wildman–Crippen MR) is 118 cm³/mol. The molecule has 2 aromatic carbocycles. The lowest BCUT2D eigenvalue weighted by Gasteiger charge is -1.99. The van der Waals surface area contributed by atoms with Gasteiger partial charge in [-0.2, -0.15) is 0 Å². The summed E-state index contributed by atoms with van der Waals surface area (Å²) in [7, 11) is 0. The average molecular weight is 421 g/mol. The summed E-state index contributed by atoms with van der Waals surface area (Å²) in [5.41, 5.74) is 2.39. The van der Waals surface area contributed by atoms with E-state index < -0.39 is 0 Å². The van der Waals surface area contributed by atoms with Crippen LogP contribution in [0.25, 0.3) is 16.3 Å². The molecular formula is C21H16N4O2S2. The zero-order valence-electron chi connectivity index (χ0n) is 15.2. The molecule has 0 aliphatic carbocycles. The van der Waals surface area contributed by atoms with Gasteiger partial charge in [0.05, 0.1) is 22.3 Å². The van der Waals surface area contributed by atoms with Gasteiger partial charge in [0, 0.05) is 11.5 Å². The van der Waals surface area contributed by atoms with E-state index in [1.54, 1.807) is 11.5 Å². The van der Waals surface area contributed by atoms with Gasteiger partial charge >= 0.3 is 0 Å². The third-order valence-electron chi connectivity index (χ3n) is 3.89. The number of hydrogen-bond acceptors (Lipinski definition) is 6. The van der Waals surface area contributed by atoms with E-state index in [2.05, 4.69) is 20.6 Å². The fraction of sp³-hybridized carbons (Fsp3) is 0.0476. The van der Waals surface area contributed by atoms with Gasteiger partial charge in [-0.05, 0) is 23.8 Å². The van der Waals surface area contributed by atoms with Crippen LogP contribution in [0, 0.1) is 0 Å². The van der Waals surface area contributed by atoms with Crippen molar-refractivity contribution in [1.29, 1.82) is 0 Å². The molecule has 0 fully saturated rings. The van der Waals surface area contributed by atoms with E-state index in [1.165, 1.54) is 28.7 Å². The number of anilines is 2. The number of amides is 2. The van der Waals surface area contributed by atoms with Gasteiger partial charge in [-0.25, -0.2) is 9.97 Å². The molecule has 0 bridgehead atoms. The van der Waals surface area contributed by atoms with Crippen molar-refractivity contribution in [3.05, 3.63) is 77.3 Å². The summed E-state index contributed by atoms with van der Waals surface area (Å²) >= 11 is 2.71. The SMILES string of the molecule is O=C(/C=C/c1ccccc1)Nc1nc(CC(=O)Nc2nc3ccccc3s2)cs1. The molecule has 0 spiro atoms. The maximum Gasteiger partial charge on any atom is 0.250 e. The van der Waals surface area contributed by atoms with Gasteiger partial charge in [0.2, 0.25) is 11.8 Å². The first-order valence-electron chi connectivity index (χ1n) is 8.80. The quantitative estimate of drug-likeness (QED) is 0.447. The van der Waals surface area contributed by atoms with Crippen LogP contribution in [0.15, 0.2) is 66.1 Å². The third kappa shape index (κ3) is 5.13. The molecule has 4 rings (SSSR count). The number of benzene rings is 2. The van der Waals surface area contributed by atoms with Crippen LogP contribution in [-0.4, -0.2) is 21.8 Å². The number of aromatic nitrogens is 2. The standard InChI is InChI=1S/C21H16N4O2S2/c26-18(11-10-14-6-2-1-3-7-14)24-20-22-15(13-28-20)12-19(27)25-21-23-16-8-4-5-9-17(16)29-21/h1-11,13H,12H2,(H,22,24,26)(H,23,25,27)/b11-10+. The summed E-state index contributed by atoms with van der Waals surface area (Å²) in [5.74, 6) is -0.468. The van der Waals surface area contributed by atoms with Crippen LogP contribution in [0.5, 0.6) is 0 Å². The largest absolute Gasteiger partial charge is 0.302 e. The van der Waals surface area contributed by atoms with Crippen molar-refractivity contribution in [2.75, 3.05) is 10.6 Å². The number of carbonyl (C=O) groups is 2. The van der Waals surface area contributed by atoms with Crippen molar-refractivity contribution in [3.8, 4) is 0 Å². The Morgan fingerprint density at radius 3 is 2.55 bits per heavy atom. The molecule has 2 heterocycles. The molecule has 0 saturated carbocycles. The number of nitrogens with one attached hydrogen (secondary N) is 2. The van der Waals surface area contributed by atoms with Crippen LogP contribution < -0.4 is 10.6 Å². The molecule has 0 unspecified atom stereocenters. The summed E-state index contributed by atoms with van der Waals surface area (Å²) in [6.45, 7) is 0. The molecular weight excluding hydrogens is 404 g/mol. The number of hydrogen-bond donors (Lipinski definition) is 2. The van der Waals surface area contributed by atoms with Crippen LogP contribution in [0.3, 0.4) is 0 Å². The lowest BCUT2D eigenvalue weighted by molar-refractivity contribution is -0.115. The highest BCUT2D eigenvalue weighted by Gasteiger charge is 2.11. The van der Waals surface area contributed by atoms with Crippen LogP contribution in [0.4, 0.5) is 10.3 Å². The molecule has 29 heavy (non-hydrogen) atoms. The molecule has 0 saturated heterocycles. The second kappa shape index (κ2) is 8.76. The van der Waals surface area contributed by atoms with Crippen LogP contribution in [-0.2, 0) is 16.0 Å². The molecule has 4 aromatic rings. The lowest BCUT2D eigenvalue weighted by atomic mass is 10.2. The molecule has 6 nitrogen and oxygen atoms in total. The normalized spacial score (nSPS) is 11.0. The van der Waals surface area contributed by atoms with E-state index in [1.807, 2.05) is 54.6 Å². The first-order valence-corrected chi connectivity index (χ1v) is 10.5. The number of para-hydroxylation sites is 1. The molecule has 8 heteroatoms. The van der Waals surface area contributed by atoms with Gasteiger partial charge in [0.1, 0.15) is 0 Å². The van der Waals surface area contributed by atoms with E-state index in [9.17, 15) is 9.59 Å². The molecule has 2 amide bonds. The van der Waals surface area contributed by atoms with Crippen molar-refractivity contribution >= 4 is 61.0 Å². The van der Waals surface area contributed by atoms with Gasteiger partial charge in [-0.3, -0.25) is 14.9 Å². The number of nitrogens with zero attached hydrogens (tertiary/aromatic N) is 2. The van der Waals surface area contributed by atoms with Gasteiger partial charge in [0.15, 0.2) is 10.3 Å². The van der Waals surface area contributed by atoms with E-state index in [0.717, 1.165) is 15.8 Å². The average Bonchev–Trinajstić information content (AvgIpc) is 3.33. The smallest absolute Gasteiger partial charge is 0.250 e. The molecule has 0 radical (unpaired) electrons. The van der Waals surface area contributed by atoms with Crippen molar-refractivity contribution < 1.29 is 9.59 Å². The zero-order chi connectivity index (χ0) is 20.1. The molecule has 0 aliphatic rings. The topological polar surface area (TPSA) is 84.0 Å². The molecule has 144 valence electrons. The summed E-state index contributed by atoms with van der Waals surface area (Å²) in [5, 5.41) is 8.29. The Morgan fingerprint density at radius 2 is 1.72 bits per heavy atom. The highest BCUT2D eigenvalue weighted by Crippen LogP contribution is 2.25. The number of thiazole rings is 2. The Bertz CT molecular complexity index is 1150. The van der Waals surface area contributed by atoms with Gasteiger partial charge < -0.3 is 5.32 Å². The zero-order valence-corrected chi connectivity index (χ0v) is 16.8. The lowest BCUT2D eigenvalue weighted by Crippen LogP contribution is -2.14. The van der Waals surface area contributed by atoms with Crippen molar-refractivity contribution in [1.82, 2.24) is 9.97 Å². The number of fused-ring (bicyclic) bond motifs is 1. The first-order chi connectivity index (χ1) is 14.2. The second-order valence-electron chi connectivity index (χ2n) is 6.09. The van der Waals surface area contributed by atoms with Crippen LogP contribution in [0.1, 0.15) is 11.3 Å². The Hall–Kier alpha value is -3.36. The number of carbonyl (C=O) groups excluding carboxylic acids is 2. The molecule has 2 N–H and O–H groups in total. The fourth-order valence-corrected chi connectivity index (χ4v) is 4.18. The molecule has 2 aromatic heterocycles. The van der Waals surface area contributed by atoms with E-state index in [-0.39, 0.29) is 18.2 Å². The molecule has 0 aliphatic heterocycles. The van der Waals surface area contributed by atoms with Gasteiger partial charge in [-0.1, -0.05) is 53.8 Å². The minimum atomic E-state index is -0.270. The summed E-state index contributed by atoms with van der Waals surface area (Å²) in [4.78, 5) is 33.0. The van der Waals surface area contributed by atoms with Crippen molar-refractivity contribution in [2.45, 2.75) is 6.42 Å². The maximum absolute atomic E-state index is 12.3. The predicted octanol–water partition coefficient (Wildman–Crippen LogP) is 4.59. The minimum absolute atomic E-state index is 0.113. The third-order valence-corrected chi connectivity index (χ3v) is 5.65. The van der Waals surface area contributed by atoms with E-state index in [4.69, 9.17) is 0 Å². The maximum atomic E-state index is 12.3. The number of rotatable bonds is 6. The first kappa shape index (κ1) is 19.0. The summed E-state index contributed by atoms with van der Waals surface area (Å²) in [6, 6.07) is 17.3. The summed E-state index contributed by atoms with van der Waals surface area (Å²) in [6.07, 6.45) is 3.30. The molecule has 0 atom stereocenters. The minimum Gasteiger partial charge on any atom is -0.302 e. The summed E-state index contributed by atoms with van der Waals surface area (Å²) < 4.78 is 1.02. The Balaban J connectivity index is 1.32. The Kier molecular flexibility index (Phi) is 5.73. The Labute approximate surface area is 175 Å². The van der Waals surface area contributed by atoms with Crippen LogP contribution >= 0.6 is 22.7 Å². The van der Waals surface area contributed by atoms with Crippen molar-refractivity contribution in [3.63, 3.8) is 0 Å². The fourth-order valence-electron chi connectivity index (χ4n) is 2.58. The van der Waals surface area contributed by atoms with Gasteiger partial charge in [0.25, 0.3) is 0 Å². The van der Waals surface area contributed by atoms with Gasteiger partial charge in [-0.15, -0.1) is 11.3 Å². The van der Waals surface area contributed by atoms with E-state index in [0.29, 0.717) is 16.0 Å². The monoisotopic (exact) mass is 420 g/mol. The highest BCUT2D eigenvalue weighted by molar-refractivity contribution is 7.22.